The number of esters is 2. The summed E-state index contributed by atoms with van der Waals surface area (Å²) in [5, 5.41) is 2.87. The molecule has 2 rings (SSSR count). The minimum absolute atomic E-state index is 0.0439. The van der Waals surface area contributed by atoms with Gasteiger partial charge in [0.1, 0.15) is 16.5 Å². The van der Waals surface area contributed by atoms with Crippen LogP contribution in [-0.2, 0) is 9.47 Å². The van der Waals surface area contributed by atoms with Gasteiger partial charge in [0.05, 0.1) is 17.7 Å². The number of rotatable bonds is 7. The van der Waals surface area contributed by atoms with Gasteiger partial charge < -0.3 is 14.8 Å². The van der Waals surface area contributed by atoms with Crippen molar-refractivity contribution in [1.29, 1.82) is 0 Å². The minimum atomic E-state index is -0.620. The number of hydrogen-bond acceptors (Lipinski definition) is 7. The average Bonchev–Trinajstić information content (AvgIpc) is 2.96. The molecule has 0 aromatic carbocycles. The lowest BCUT2D eigenvalue weighted by Gasteiger charge is -2.07. The van der Waals surface area contributed by atoms with Gasteiger partial charge in [-0.1, -0.05) is 12.7 Å². The van der Waals surface area contributed by atoms with Crippen LogP contribution in [0.25, 0.3) is 0 Å². The summed E-state index contributed by atoms with van der Waals surface area (Å²) in [5.74, 6) is -1.67. The number of ether oxygens (including phenoxy) is 2. The molecular weight excluding hydrogens is 356 g/mol. The Hall–Kier alpha value is -3.00. The van der Waals surface area contributed by atoms with E-state index in [0.717, 1.165) is 11.3 Å². The summed E-state index contributed by atoms with van der Waals surface area (Å²) in [6, 6.07) is 3.21. The number of nitrogens with zero attached hydrogens (tertiary/aromatic N) is 1. The van der Waals surface area contributed by atoms with Crippen LogP contribution in [-0.4, -0.2) is 36.0 Å². The molecule has 0 atom stereocenters. The van der Waals surface area contributed by atoms with Crippen LogP contribution in [0.3, 0.4) is 0 Å². The number of aromatic nitrogens is 1. The first-order valence-corrected chi connectivity index (χ1v) is 8.61. The summed E-state index contributed by atoms with van der Waals surface area (Å²) in [6.07, 6.45) is 4.39. The molecule has 8 heteroatoms. The number of amides is 1. The predicted molar refractivity (Wildman–Crippen MR) is 97.7 cm³/mol. The number of hydrogen-bond donors (Lipinski definition) is 1. The number of nitrogens with one attached hydrogen (secondary N) is 1. The van der Waals surface area contributed by atoms with Crippen LogP contribution in [0.15, 0.2) is 37.2 Å². The molecule has 0 spiro atoms. The van der Waals surface area contributed by atoms with Crippen molar-refractivity contribution in [2.75, 3.05) is 18.5 Å². The summed E-state index contributed by atoms with van der Waals surface area (Å²) in [4.78, 5) is 41.0. The second-order valence-electron chi connectivity index (χ2n) is 5.06. The first kappa shape index (κ1) is 19.3. The van der Waals surface area contributed by atoms with Crippen molar-refractivity contribution in [3.05, 3.63) is 58.7 Å². The Morgan fingerprint density at radius 2 is 2.08 bits per heavy atom. The molecule has 0 aliphatic heterocycles. The van der Waals surface area contributed by atoms with Gasteiger partial charge in [0.2, 0.25) is 0 Å². The van der Waals surface area contributed by atoms with Crippen molar-refractivity contribution in [2.45, 2.75) is 13.8 Å². The fourth-order valence-electron chi connectivity index (χ4n) is 2.12. The van der Waals surface area contributed by atoms with E-state index in [1.54, 1.807) is 32.2 Å². The zero-order chi connectivity index (χ0) is 19.1. The Balaban J connectivity index is 2.39. The van der Waals surface area contributed by atoms with Gasteiger partial charge in [-0.25, -0.2) is 9.59 Å². The number of thiophene rings is 1. The number of carbonyl (C=O) groups is 3. The molecule has 0 radical (unpaired) electrons. The lowest BCUT2D eigenvalue weighted by Crippen LogP contribution is -2.15. The molecule has 0 fully saturated rings. The van der Waals surface area contributed by atoms with Gasteiger partial charge in [-0.15, -0.1) is 11.3 Å². The maximum atomic E-state index is 12.4. The maximum Gasteiger partial charge on any atom is 0.348 e. The molecule has 0 saturated carbocycles. The number of pyridine rings is 1. The Morgan fingerprint density at radius 1 is 1.31 bits per heavy atom. The maximum absolute atomic E-state index is 12.4. The van der Waals surface area contributed by atoms with Crippen LogP contribution in [0.4, 0.5) is 5.00 Å². The fraction of sp³-hybridized carbons (Fsp3) is 0.222. The summed E-state index contributed by atoms with van der Waals surface area (Å²) < 4.78 is 10.1. The molecule has 1 amide bonds. The van der Waals surface area contributed by atoms with Crippen molar-refractivity contribution >= 4 is 34.2 Å². The first-order valence-electron chi connectivity index (χ1n) is 7.79. The largest absolute Gasteiger partial charge is 0.462 e. The average molecular weight is 374 g/mol. The molecule has 136 valence electrons. The summed E-state index contributed by atoms with van der Waals surface area (Å²) in [6.45, 7) is 6.97. The smallest absolute Gasteiger partial charge is 0.348 e. The van der Waals surface area contributed by atoms with E-state index >= 15 is 0 Å². The first-order chi connectivity index (χ1) is 12.5. The fourth-order valence-corrected chi connectivity index (χ4v) is 3.20. The quantitative estimate of drug-likeness (QED) is 0.591. The van der Waals surface area contributed by atoms with Crippen LogP contribution in [0.2, 0.25) is 0 Å². The van der Waals surface area contributed by atoms with E-state index in [-0.39, 0.29) is 28.7 Å². The molecule has 0 saturated heterocycles. The molecule has 0 unspecified atom stereocenters. The Bertz CT molecular complexity index is 830. The van der Waals surface area contributed by atoms with Crippen molar-refractivity contribution in [3.63, 3.8) is 0 Å². The molecule has 26 heavy (non-hydrogen) atoms. The molecule has 1 N–H and O–H groups in total. The molecule has 0 aliphatic rings. The highest BCUT2D eigenvalue weighted by atomic mass is 32.1. The monoisotopic (exact) mass is 374 g/mol. The van der Waals surface area contributed by atoms with Gasteiger partial charge in [-0.2, -0.15) is 0 Å². The van der Waals surface area contributed by atoms with Gasteiger partial charge in [0.15, 0.2) is 0 Å². The van der Waals surface area contributed by atoms with Gasteiger partial charge in [-0.3, -0.25) is 9.78 Å². The zero-order valence-corrected chi connectivity index (χ0v) is 15.2. The highest BCUT2D eigenvalue weighted by molar-refractivity contribution is 7.18. The van der Waals surface area contributed by atoms with Gasteiger partial charge in [0.25, 0.3) is 5.91 Å². The number of anilines is 1. The van der Waals surface area contributed by atoms with Crippen LogP contribution >= 0.6 is 11.3 Å². The molecule has 2 aromatic heterocycles. The molecule has 7 nitrogen and oxygen atoms in total. The van der Waals surface area contributed by atoms with Crippen molar-refractivity contribution in [3.8, 4) is 0 Å². The molecule has 0 aliphatic carbocycles. The van der Waals surface area contributed by atoms with E-state index in [9.17, 15) is 14.4 Å². The van der Waals surface area contributed by atoms with Crippen LogP contribution < -0.4 is 5.32 Å². The van der Waals surface area contributed by atoms with Crippen LogP contribution in [0, 0.1) is 6.92 Å². The van der Waals surface area contributed by atoms with E-state index in [1.807, 2.05) is 0 Å². The number of carbonyl (C=O) groups excluding carboxylic acids is 3. The van der Waals surface area contributed by atoms with Crippen molar-refractivity contribution in [1.82, 2.24) is 4.98 Å². The SMILES string of the molecule is C=CCOC(=O)c1sc(NC(=O)c2cccnc2)c(C(=O)OCC)c1C. The lowest BCUT2D eigenvalue weighted by molar-refractivity contribution is 0.0527. The highest BCUT2D eigenvalue weighted by Crippen LogP contribution is 2.34. The van der Waals surface area contributed by atoms with Gasteiger partial charge in [0, 0.05) is 12.4 Å². The summed E-state index contributed by atoms with van der Waals surface area (Å²) in [5.41, 5.74) is 0.854. The third-order valence-electron chi connectivity index (χ3n) is 3.29. The topological polar surface area (TPSA) is 94.6 Å². The summed E-state index contributed by atoms with van der Waals surface area (Å²) >= 11 is 0.960. The predicted octanol–water partition coefficient (Wildman–Crippen LogP) is 3.22. The van der Waals surface area contributed by atoms with E-state index in [1.165, 1.54) is 12.3 Å². The van der Waals surface area contributed by atoms with Gasteiger partial charge >= 0.3 is 11.9 Å². The third kappa shape index (κ3) is 4.34. The molecule has 2 aromatic rings. The van der Waals surface area contributed by atoms with E-state index in [2.05, 4.69) is 16.9 Å². The van der Waals surface area contributed by atoms with Crippen molar-refractivity contribution < 1.29 is 23.9 Å². The second kappa shape index (κ2) is 8.91. The van der Waals surface area contributed by atoms with E-state index in [4.69, 9.17) is 9.47 Å². The lowest BCUT2D eigenvalue weighted by atomic mass is 10.1. The Kier molecular flexibility index (Phi) is 6.62. The van der Waals surface area contributed by atoms with Crippen LogP contribution in [0.1, 0.15) is 42.9 Å². The minimum Gasteiger partial charge on any atom is -0.462 e. The van der Waals surface area contributed by atoms with Crippen LogP contribution in [0.5, 0.6) is 0 Å². The highest BCUT2D eigenvalue weighted by Gasteiger charge is 2.27. The normalized spacial score (nSPS) is 10.1. The van der Waals surface area contributed by atoms with E-state index < -0.39 is 17.8 Å². The third-order valence-corrected chi connectivity index (χ3v) is 4.48. The molecular formula is C18H18N2O5S. The van der Waals surface area contributed by atoms with Gasteiger partial charge in [-0.05, 0) is 31.5 Å². The molecule has 2 heterocycles. The van der Waals surface area contributed by atoms with E-state index in [0.29, 0.717) is 11.1 Å². The Labute approximate surface area is 154 Å². The molecule has 0 bridgehead atoms. The summed E-state index contributed by atoms with van der Waals surface area (Å²) in [7, 11) is 0. The second-order valence-corrected chi connectivity index (χ2v) is 6.08. The van der Waals surface area contributed by atoms with Crippen molar-refractivity contribution in [2.24, 2.45) is 0 Å². The Morgan fingerprint density at radius 3 is 2.69 bits per heavy atom. The zero-order valence-electron chi connectivity index (χ0n) is 14.4. The standard InChI is InChI=1S/C18H18N2O5S/c1-4-9-25-18(23)14-11(3)13(17(22)24-5-2)16(26-14)20-15(21)12-7-6-8-19-10-12/h4,6-8,10H,1,5,9H2,2-3H3,(H,20,21).